The van der Waals surface area contributed by atoms with Crippen molar-refractivity contribution in [1.82, 2.24) is 10.2 Å². The number of aliphatic hydroxyl groups is 3. The Labute approximate surface area is 206 Å². The highest BCUT2D eigenvalue weighted by Gasteiger charge is 2.36. The van der Waals surface area contributed by atoms with Gasteiger partial charge in [-0.25, -0.2) is 0 Å². The summed E-state index contributed by atoms with van der Waals surface area (Å²) in [4.78, 5) is 14.9. The number of benzene rings is 1. The number of anilines is 1. The topological polar surface area (TPSA) is 147 Å². The van der Waals surface area contributed by atoms with Crippen molar-refractivity contribution in [1.29, 1.82) is 5.26 Å². The molecule has 0 saturated carbocycles. The maximum absolute atomic E-state index is 12.6. The predicted molar refractivity (Wildman–Crippen MR) is 130 cm³/mol. The van der Waals surface area contributed by atoms with Crippen LogP contribution in [0.3, 0.4) is 0 Å². The quantitative estimate of drug-likeness (QED) is 0.216. The second-order valence-corrected chi connectivity index (χ2v) is 8.84. The van der Waals surface area contributed by atoms with Gasteiger partial charge in [0, 0.05) is 51.4 Å². The van der Waals surface area contributed by atoms with E-state index >= 15 is 0 Å². The number of ether oxygens (including phenoxy) is 2. The van der Waals surface area contributed by atoms with Gasteiger partial charge >= 0.3 is 0 Å². The van der Waals surface area contributed by atoms with Gasteiger partial charge in [-0.2, -0.15) is 5.26 Å². The number of hydrogen-bond donors (Lipinski definition) is 5. The number of carbonyl (C=O) groups excluding carboxylic acids is 1. The van der Waals surface area contributed by atoms with Gasteiger partial charge in [0.25, 0.3) is 5.91 Å². The van der Waals surface area contributed by atoms with Crippen LogP contribution >= 0.6 is 0 Å². The fourth-order valence-electron chi connectivity index (χ4n) is 4.20. The summed E-state index contributed by atoms with van der Waals surface area (Å²) in [6.45, 7) is 5.16. The van der Waals surface area contributed by atoms with Crippen molar-refractivity contribution >= 4 is 17.7 Å². The lowest BCUT2D eigenvalue weighted by Crippen LogP contribution is -2.52. The molecule has 3 rings (SSSR count). The summed E-state index contributed by atoms with van der Waals surface area (Å²) >= 11 is 0. The van der Waals surface area contributed by atoms with Gasteiger partial charge in [-0.3, -0.25) is 9.69 Å². The first-order chi connectivity index (χ1) is 17.0. The normalized spacial score (nSPS) is 25.6. The molecule has 35 heavy (non-hydrogen) atoms. The first kappa shape index (κ1) is 27.1. The van der Waals surface area contributed by atoms with Crippen LogP contribution in [0, 0.1) is 11.3 Å². The lowest BCUT2D eigenvalue weighted by Gasteiger charge is -2.37. The Bertz CT molecular complexity index is 866. The molecule has 5 N–H and O–H groups in total. The van der Waals surface area contributed by atoms with E-state index in [0.29, 0.717) is 18.4 Å². The van der Waals surface area contributed by atoms with E-state index in [0.717, 1.165) is 45.1 Å². The first-order valence-electron chi connectivity index (χ1n) is 12.2. The number of nitriles is 1. The van der Waals surface area contributed by atoms with Gasteiger partial charge in [-0.15, -0.1) is 0 Å². The van der Waals surface area contributed by atoms with Crippen LogP contribution in [0.1, 0.15) is 24.8 Å². The Hall–Kier alpha value is -2.52. The van der Waals surface area contributed by atoms with Crippen molar-refractivity contribution in [3.05, 3.63) is 35.4 Å². The minimum atomic E-state index is -1.14. The smallest absolute Gasteiger partial charge is 0.262 e. The van der Waals surface area contributed by atoms with Crippen molar-refractivity contribution in [3.63, 3.8) is 0 Å². The van der Waals surface area contributed by atoms with Crippen molar-refractivity contribution in [2.24, 2.45) is 0 Å². The third-order valence-electron chi connectivity index (χ3n) is 6.24. The molecule has 2 saturated heterocycles. The van der Waals surface area contributed by atoms with Gasteiger partial charge in [0.2, 0.25) is 0 Å². The third-order valence-corrected chi connectivity index (χ3v) is 6.24. The Morgan fingerprint density at radius 2 is 1.97 bits per heavy atom. The maximum atomic E-state index is 12.6. The Morgan fingerprint density at radius 3 is 2.66 bits per heavy atom. The largest absolute Gasteiger partial charge is 0.396 e. The molecule has 4 atom stereocenters. The fourth-order valence-corrected chi connectivity index (χ4v) is 4.20. The highest BCUT2D eigenvalue weighted by atomic mass is 16.5. The molecule has 1 unspecified atom stereocenters. The molecular weight excluding hydrogens is 452 g/mol. The molecule has 10 nitrogen and oxygen atoms in total. The monoisotopic (exact) mass is 488 g/mol. The lowest BCUT2D eigenvalue weighted by molar-refractivity contribution is -0.169. The van der Waals surface area contributed by atoms with Crippen molar-refractivity contribution in [3.8, 4) is 6.07 Å². The minimum absolute atomic E-state index is 0.0156. The molecule has 1 aromatic carbocycles. The van der Waals surface area contributed by atoms with E-state index in [9.17, 15) is 20.3 Å². The zero-order valence-corrected chi connectivity index (χ0v) is 19.9. The number of rotatable bonds is 11. The van der Waals surface area contributed by atoms with Crippen LogP contribution in [0.5, 0.6) is 0 Å². The molecule has 1 aromatic rings. The van der Waals surface area contributed by atoms with Crippen LogP contribution in [0.2, 0.25) is 0 Å². The van der Waals surface area contributed by atoms with E-state index in [4.69, 9.17) is 14.6 Å². The zero-order valence-electron chi connectivity index (χ0n) is 19.9. The van der Waals surface area contributed by atoms with Gasteiger partial charge in [-0.1, -0.05) is 12.1 Å². The standard InChI is InChI=1S/C25H36N4O6/c26-16-19(25(33)28-17-23-24(32)22(31)15-21(35-23)2-1-11-30)14-18-3-5-20(6-4-18)27-7-8-29-9-12-34-13-10-29/h3-6,14,21-24,27,30-32H,1-2,7-13,15,17H2,(H,28,33)/b19-14+/t21?,22-,23-,24+/m1/s1. The molecular formula is C25H36N4O6. The van der Waals surface area contributed by atoms with E-state index in [-0.39, 0.29) is 31.2 Å². The second kappa shape index (κ2) is 14.1. The number of aliphatic hydroxyl groups excluding tert-OH is 3. The van der Waals surface area contributed by atoms with E-state index in [1.54, 1.807) is 0 Å². The van der Waals surface area contributed by atoms with Crippen molar-refractivity contribution in [2.45, 2.75) is 43.7 Å². The summed E-state index contributed by atoms with van der Waals surface area (Å²) < 4.78 is 11.1. The van der Waals surface area contributed by atoms with Crippen LogP contribution in [0.4, 0.5) is 5.69 Å². The number of nitrogens with zero attached hydrogens (tertiary/aromatic N) is 2. The molecule has 10 heteroatoms. The van der Waals surface area contributed by atoms with E-state index < -0.39 is 24.2 Å². The summed E-state index contributed by atoms with van der Waals surface area (Å²) in [6.07, 6.45) is -0.373. The number of nitrogens with one attached hydrogen (secondary N) is 2. The molecule has 0 bridgehead atoms. The van der Waals surface area contributed by atoms with E-state index in [1.165, 1.54) is 6.08 Å². The SMILES string of the molecule is N#C/C(=C\c1ccc(NCCN2CCOCC2)cc1)C(=O)NC[C@H]1OC(CCCO)C[C@@H](O)[C@@H]1O. The maximum Gasteiger partial charge on any atom is 0.262 e. The summed E-state index contributed by atoms with van der Waals surface area (Å²) in [5.74, 6) is -0.581. The average molecular weight is 489 g/mol. The molecule has 0 radical (unpaired) electrons. The molecule has 2 fully saturated rings. The molecule has 0 spiro atoms. The molecule has 2 aliphatic heterocycles. The number of morpholine rings is 1. The summed E-state index contributed by atoms with van der Waals surface area (Å²) in [6, 6.07) is 9.38. The minimum Gasteiger partial charge on any atom is -0.396 e. The third kappa shape index (κ3) is 8.58. The number of amides is 1. The van der Waals surface area contributed by atoms with Crippen molar-refractivity contribution < 1.29 is 29.6 Å². The first-order valence-corrected chi connectivity index (χ1v) is 12.2. The van der Waals surface area contributed by atoms with Crippen LogP contribution < -0.4 is 10.6 Å². The highest BCUT2D eigenvalue weighted by molar-refractivity contribution is 6.01. The summed E-state index contributed by atoms with van der Waals surface area (Å²) in [5, 5.41) is 44.8. The summed E-state index contributed by atoms with van der Waals surface area (Å²) in [5.41, 5.74) is 1.60. The van der Waals surface area contributed by atoms with Crippen LogP contribution in [0.15, 0.2) is 29.8 Å². The molecule has 2 aliphatic rings. The van der Waals surface area contributed by atoms with Crippen molar-refractivity contribution in [2.75, 3.05) is 57.9 Å². The van der Waals surface area contributed by atoms with Crippen LogP contribution in [-0.2, 0) is 14.3 Å². The number of carbonyl (C=O) groups is 1. The molecule has 0 aromatic heterocycles. The Kier molecular flexibility index (Phi) is 10.9. The molecule has 2 heterocycles. The van der Waals surface area contributed by atoms with Gasteiger partial charge in [0.15, 0.2) is 0 Å². The number of hydrogen-bond acceptors (Lipinski definition) is 9. The Balaban J connectivity index is 1.49. The summed E-state index contributed by atoms with van der Waals surface area (Å²) in [7, 11) is 0. The predicted octanol–water partition coefficient (Wildman–Crippen LogP) is 0.106. The highest BCUT2D eigenvalue weighted by Crippen LogP contribution is 2.23. The fraction of sp³-hybridized carbons (Fsp3) is 0.600. The van der Waals surface area contributed by atoms with Gasteiger partial charge in [-0.05, 0) is 36.6 Å². The van der Waals surface area contributed by atoms with Gasteiger partial charge in [0.1, 0.15) is 23.9 Å². The average Bonchev–Trinajstić information content (AvgIpc) is 2.88. The van der Waals surface area contributed by atoms with Gasteiger partial charge < -0.3 is 35.4 Å². The van der Waals surface area contributed by atoms with E-state index in [1.807, 2.05) is 30.3 Å². The molecule has 0 aliphatic carbocycles. The van der Waals surface area contributed by atoms with E-state index in [2.05, 4.69) is 15.5 Å². The second-order valence-electron chi connectivity index (χ2n) is 8.84. The lowest BCUT2D eigenvalue weighted by atomic mass is 9.95. The van der Waals surface area contributed by atoms with Crippen LogP contribution in [-0.4, -0.2) is 103 Å². The van der Waals surface area contributed by atoms with Crippen LogP contribution in [0.25, 0.3) is 6.08 Å². The van der Waals surface area contributed by atoms with Gasteiger partial charge in [0.05, 0.1) is 25.4 Å². The zero-order chi connectivity index (χ0) is 25.0. The Morgan fingerprint density at radius 1 is 1.23 bits per heavy atom. The molecule has 192 valence electrons. The molecule has 1 amide bonds.